The zero-order chi connectivity index (χ0) is 21.7. The number of rotatable bonds is 20. The Hall–Kier alpha value is -1.35. The predicted molar refractivity (Wildman–Crippen MR) is 127 cm³/mol. The van der Waals surface area contributed by atoms with Crippen LogP contribution in [-0.4, -0.2) is 17.7 Å². The Kier molecular flexibility index (Phi) is 17.4. The zero-order valence-electron chi connectivity index (χ0n) is 19.5. The molecule has 3 heteroatoms. The second kappa shape index (κ2) is 19.6. The van der Waals surface area contributed by atoms with Crippen molar-refractivity contribution in [3.8, 4) is 0 Å². The molecule has 1 N–H and O–H groups in total. The summed E-state index contributed by atoms with van der Waals surface area (Å²) in [5, 5.41) is 10.0. The number of ether oxygens (including phenoxy) is 1. The Balaban J connectivity index is 1.80. The standard InChI is InChI=1S/C27H46O3/c1-2-3-4-5-6-7-8-9-10-11-12-13-14-15-16-20-23-30-27(29)24-26(28)25-21-18-17-19-22-25/h17-19,21-22,26,28H,2-16,20,23-24H2,1H3. The topological polar surface area (TPSA) is 46.5 Å². The van der Waals surface area contributed by atoms with Crippen molar-refractivity contribution in [3.63, 3.8) is 0 Å². The number of hydrogen-bond donors (Lipinski definition) is 1. The largest absolute Gasteiger partial charge is 0.466 e. The highest BCUT2D eigenvalue weighted by molar-refractivity contribution is 5.70. The van der Waals surface area contributed by atoms with E-state index in [-0.39, 0.29) is 12.4 Å². The number of hydrogen-bond acceptors (Lipinski definition) is 3. The summed E-state index contributed by atoms with van der Waals surface area (Å²) < 4.78 is 5.25. The van der Waals surface area contributed by atoms with Crippen molar-refractivity contribution in [2.24, 2.45) is 0 Å². The highest BCUT2D eigenvalue weighted by Gasteiger charge is 2.13. The molecule has 0 heterocycles. The zero-order valence-corrected chi connectivity index (χ0v) is 19.5. The Labute approximate surface area is 185 Å². The van der Waals surface area contributed by atoms with Crippen LogP contribution < -0.4 is 0 Å². The summed E-state index contributed by atoms with van der Waals surface area (Å²) in [5.74, 6) is -0.313. The number of unbranched alkanes of at least 4 members (excludes halogenated alkanes) is 15. The Morgan fingerprint density at radius 3 is 1.63 bits per heavy atom. The molecule has 0 saturated heterocycles. The third-order valence-corrected chi connectivity index (χ3v) is 5.81. The summed E-state index contributed by atoms with van der Waals surface area (Å²) in [5.41, 5.74) is 0.761. The second-order valence-electron chi connectivity index (χ2n) is 8.65. The summed E-state index contributed by atoms with van der Waals surface area (Å²) >= 11 is 0. The molecule has 0 spiro atoms. The normalized spacial score (nSPS) is 12.1. The van der Waals surface area contributed by atoms with E-state index >= 15 is 0 Å². The Morgan fingerprint density at radius 2 is 1.17 bits per heavy atom. The van der Waals surface area contributed by atoms with Gasteiger partial charge in [0, 0.05) is 0 Å². The van der Waals surface area contributed by atoms with Crippen LogP contribution in [0, 0.1) is 0 Å². The van der Waals surface area contributed by atoms with E-state index in [0.29, 0.717) is 6.61 Å². The molecule has 1 rings (SSSR count). The second-order valence-corrected chi connectivity index (χ2v) is 8.65. The Bertz CT molecular complexity index is 500. The average molecular weight is 419 g/mol. The van der Waals surface area contributed by atoms with Crippen molar-refractivity contribution in [1.82, 2.24) is 0 Å². The van der Waals surface area contributed by atoms with Gasteiger partial charge in [0.2, 0.25) is 0 Å². The molecule has 0 aliphatic carbocycles. The van der Waals surface area contributed by atoms with Gasteiger partial charge in [-0.05, 0) is 12.0 Å². The fraction of sp³-hybridized carbons (Fsp3) is 0.741. The van der Waals surface area contributed by atoms with Gasteiger partial charge in [-0.2, -0.15) is 0 Å². The fourth-order valence-electron chi connectivity index (χ4n) is 3.85. The van der Waals surface area contributed by atoms with Crippen molar-refractivity contribution >= 4 is 5.97 Å². The minimum absolute atomic E-state index is 0.0306. The van der Waals surface area contributed by atoms with Gasteiger partial charge < -0.3 is 9.84 Å². The summed E-state index contributed by atoms with van der Waals surface area (Å²) in [6.45, 7) is 2.75. The van der Waals surface area contributed by atoms with Gasteiger partial charge in [0.1, 0.15) is 0 Å². The van der Waals surface area contributed by atoms with E-state index in [2.05, 4.69) is 6.92 Å². The van der Waals surface area contributed by atoms with Gasteiger partial charge in [0.25, 0.3) is 0 Å². The van der Waals surface area contributed by atoms with E-state index < -0.39 is 6.10 Å². The molecule has 1 atom stereocenters. The maximum absolute atomic E-state index is 11.8. The molecule has 30 heavy (non-hydrogen) atoms. The highest BCUT2D eigenvalue weighted by atomic mass is 16.5. The van der Waals surface area contributed by atoms with Crippen LogP contribution in [0.25, 0.3) is 0 Å². The van der Waals surface area contributed by atoms with E-state index in [1.807, 2.05) is 30.3 Å². The molecule has 0 fully saturated rings. The van der Waals surface area contributed by atoms with E-state index in [9.17, 15) is 9.90 Å². The molecule has 172 valence electrons. The van der Waals surface area contributed by atoms with Crippen LogP contribution in [0.1, 0.15) is 128 Å². The van der Waals surface area contributed by atoms with E-state index in [1.165, 1.54) is 89.9 Å². The number of carbonyl (C=O) groups is 1. The van der Waals surface area contributed by atoms with Gasteiger partial charge >= 0.3 is 5.97 Å². The maximum atomic E-state index is 11.8. The molecule has 0 radical (unpaired) electrons. The van der Waals surface area contributed by atoms with Gasteiger partial charge in [-0.25, -0.2) is 0 Å². The quantitative estimate of drug-likeness (QED) is 0.173. The number of benzene rings is 1. The summed E-state index contributed by atoms with van der Waals surface area (Å²) in [6, 6.07) is 9.27. The van der Waals surface area contributed by atoms with Gasteiger partial charge in [-0.15, -0.1) is 0 Å². The number of aliphatic hydroxyl groups is 1. The molecule has 0 aliphatic heterocycles. The van der Waals surface area contributed by atoms with Crippen LogP contribution >= 0.6 is 0 Å². The van der Waals surface area contributed by atoms with E-state index in [0.717, 1.165) is 18.4 Å². The third-order valence-electron chi connectivity index (χ3n) is 5.81. The SMILES string of the molecule is CCCCCCCCCCCCCCCCCCOC(=O)CC(O)c1ccccc1. The lowest BCUT2D eigenvalue weighted by Crippen LogP contribution is -2.11. The first-order valence-corrected chi connectivity index (χ1v) is 12.6. The minimum Gasteiger partial charge on any atom is -0.466 e. The predicted octanol–water partition coefficient (Wildman–Crippen LogP) is 7.91. The monoisotopic (exact) mass is 418 g/mol. The first-order valence-electron chi connectivity index (χ1n) is 12.6. The molecule has 1 aromatic carbocycles. The first-order chi connectivity index (χ1) is 14.7. The molecule has 0 bridgehead atoms. The van der Waals surface area contributed by atoms with Crippen molar-refractivity contribution in [1.29, 1.82) is 0 Å². The summed E-state index contributed by atoms with van der Waals surface area (Å²) in [6.07, 6.45) is 20.6. The lowest BCUT2D eigenvalue weighted by Gasteiger charge is -2.10. The van der Waals surface area contributed by atoms with Crippen molar-refractivity contribution in [3.05, 3.63) is 35.9 Å². The molecular formula is C27H46O3. The van der Waals surface area contributed by atoms with Crippen molar-refractivity contribution in [2.45, 2.75) is 122 Å². The Morgan fingerprint density at radius 1 is 0.733 bits per heavy atom. The van der Waals surface area contributed by atoms with Crippen molar-refractivity contribution in [2.75, 3.05) is 6.61 Å². The van der Waals surface area contributed by atoms with Crippen LogP contribution in [0.3, 0.4) is 0 Å². The molecule has 1 aromatic rings. The summed E-state index contributed by atoms with van der Waals surface area (Å²) in [7, 11) is 0. The van der Waals surface area contributed by atoms with Crippen LogP contribution in [0.15, 0.2) is 30.3 Å². The lowest BCUT2D eigenvalue weighted by molar-refractivity contribution is -0.146. The fourth-order valence-corrected chi connectivity index (χ4v) is 3.85. The van der Waals surface area contributed by atoms with Gasteiger partial charge in [-0.1, -0.05) is 134 Å². The first kappa shape index (κ1) is 26.7. The van der Waals surface area contributed by atoms with Crippen LogP contribution in [0.2, 0.25) is 0 Å². The molecule has 0 aliphatic rings. The highest BCUT2D eigenvalue weighted by Crippen LogP contribution is 2.17. The van der Waals surface area contributed by atoms with E-state index in [1.54, 1.807) is 0 Å². The molecule has 0 aromatic heterocycles. The maximum Gasteiger partial charge on any atom is 0.308 e. The van der Waals surface area contributed by atoms with Gasteiger partial charge in [-0.3, -0.25) is 4.79 Å². The van der Waals surface area contributed by atoms with E-state index in [4.69, 9.17) is 4.74 Å². The average Bonchev–Trinajstić information content (AvgIpc) is 2.76. The van der Waals surface area contributed by atoms with Crippen LogP contribution in [0.4, 0.5) is 0 Å². The molecule has 1 unspecified atom stereocenters. The lowest BCUT2D eigenvalue weighted by atomic mass is 10.0. The number of aliphatic hydroxyl groups excluding tert-OH is 1. The molecule has 3 nitrogen and oxygen atoms in total. The molecule has 0 saturated carbocycles. The minimum atomic E-state index is -0.774. The van der Waals surface area contributed by atoms with Gasteiger partial charge in [0.05, 0.1) is 19.1 Å². The third kappa shape index (κ3) is 15.5. The van der Waals surface area contributed by atoms with Crippen LogP contribution in [0.5, 0.6) is 0 Å². The molecule has 0 amide bonds. The molecular weight excluding hydrogens is 372 g/mol. The van der Waals surface area contributed by atoms with Crippen LogP contribution in [-0.2, 0) is 9.53 Å². The summed E-state index contributed by atoms with van der Waals surface area (Å²) in [4.78, 5) is 11.8. The number of carbonyl (C=O) groups excluding carboxylic acids is 1. The number of esters is 1. The van der Waals surface area contributed by atoms with Crippen molar-refractivity contribution < 1.29 is 14.6 Å². The smallest absolute Gasteiger partial charge is 0.308 e. The van der Waals surface area contributed by atoms with Gasteiger partial charge in [0.15, 0.2) is 0 Å².